The topological polar surface area (TPSA) is 247 Å². The molecule has 0 aliphatic rings. The van der Waals surface area contributed by atoms with Gasteiger partial charge in [0.2, 0.25) is 11.8 Å². The molecule has 2 radical (unpaired) electrons. The Kier molecular flexibility index (Phi) is 82.8. The summed E-state index contributed by atoms with van der Waals surface area (Å²) < 4.78 is 0. The van der Waals surface area contributed by atoms with Crippen LogP contribution in [0, 0.1) is 0 Å². The van der Waals surface area contributed by atoms with Crippen LogP contribution in [-0.4, -0.2) is 35.7 Å². The molecule has 0 aromatic carbocycles. The van der Waals surface area contributed by atoms with Crippen molar-refractivity contribution in [3.63, 3.8) is 0 Å². The number of carboxylic acids is 4. The summed E-state index contributed by atoms with van der Waals surface area (Å²) in [4.78, 5) is 54.0. The van der Waals surface area contributed by atoms with Gasteiger partial charge in [0.15, 0.2) is 0 Å². The Labute approximate surface area is 172 Å². The van der Waals surface area contributed by atoms with Gasteiger partial charge in [-0.25, -0.2) is 0 Å². The molecule has 0 heterocycles. The zero-order valence-electron chi connectivity index (χ0n) is 14.8. The Morgan fingerprint density at radius 3 is 0.462 bits per heavy atom. The summed E-state index contributed by atoms with van der Waals surface area (Å²) in [5, 5.41) is 35.6. The van der Waals surface area contributed by atoms with Crippen LogP contribution in [0.15, 0.2) is 0 Å². The molecule has 12 nitrogen and oxygen atoms in total. The van der Waals surface area contributed by atoms with E-state index in [-0.39, 0.29) is 46.0 Å². The van der Waals surface area contributed by atoms with Crippen molar-refractivity contribution in [3.8, 4) is 0 Å². The van der Waals surface area contributed by atoms with E-state index in [1.54, 1.807) is 0 Å². The Morgan fingerprint density at radius 1 is 0.462 bits per heavy atom. The smallest absolute Gasteiger partial charge is 0.550 e. The van der Waals surface area contributed by atoms with Gasteiger partial charge in [0.25, 0.3) is 0 Å². The first-order valence-corrected chi connectivity index (χ1v) is 5.62. The molecule has 0 aliphatic heterocycles. The standard InChI is InChI=1S/2C2H5NO.4C2H4O2.2Cu/c6*1-2(3)4;;/h2*1H3,(H2,3,4);4*1H3,(H,3,4);;/q;;;;;;2*+2/p-4. The molecule has 4 N–H and O–H groups in total. The maximum absolute atomic E-state index is 9.22. The van der Waals surface area contributed by atoms with Crippen molar-refractivity contribution in [2.45, 2.75) is 41.5 Å². The predicted octanol–water partition coefficient (Wildman–Crippen LogP) is -6.00. The molecule has 0 saturated heterocycles. The molecule has 0 unspecified atom stereocenters. The summed E-state index contributed by atoms with van der Waals surface area (Å²) in [5.41, 5.74) is 8.94. The van der Waals surface area contributed by atoms with E-state index in [2.05, 4.69) is 11.5 Å². The van der Waals surface area contributed by atoms with Gasteiger partial charge in [0, 0.05) is 37.7 Å². The largest absolute Gasteiger partial charge is 2.00 e. The third-order valence-electron chi connectivity index (χ3n) is 0. The zero-order valence-corrected chi connectivity index (χ0v) is 16.7. The SMILES string of the molecule is CC(=O)[O-].CC(=O)[O-].CC(=O)[O-].CC(=O)[O-].CC(N)=O.CC(N)=O.[Cu+2].[Cu+2]. The van der Waals surface area contributed by atoms with Crippen LogP contribution in [0.1, 0.15) is 41.5 Å². The minimum absolute atomic E-state index is 0. The molecular formula is C12H22Cu2N2O10. The summed E-state index contributed by atoms with van der Waals surface area (Å²) in [6.07, 6.45) is 0. The van der Waals surface area contributed by atoms with Crippen LogP contribution in [-0.2, 0) is 62.9 Å². The Balaban J connectivity index is -0.0000000245. The number of amides is 2. The first-order valence-electron chi connectivity index (χ1n) is 5.62. The number of aliphatic carboxylic acids is 4. The number of carbonyl (C=O) groups excluding carboxylic acids is 6. The van der Waals surface area contributed by atoms with Crippen LogP contribution in [0.3, 0.4) is 0 Å². The number of carboxylic acid groups (broad SMARTS) is 4. The van der Waals surface area contributed by atoms with Crippen LogP contribution in [0.4, 0.5) is 0 Å². The van der Waals surface area contributed by atoms with Crippen LogP contribution in [0.2, 0.25) is 0 Å². The Bertz CT molecular complexity index is 273. The molecular weight excluding hydrogens is 459 g/mol. The second kappa shape index (κ2) is 43.4. The molecule has 0 fully saturated rings. The van der Waals surface area contributed by atoms with E-state index < -0.39 is 23.9 Å². The first kappa shape index (κ1) is 49.6. The fraction of sp³-hybridized carbons (Fsp3) is 0.500. The van der Waals surface area contributed by atoms with Gasteiger partial charge >= 0.3 is 34.1 Å². The number of primary amides is 2. The van der Waals surface area contributed by atoms with Gasteiger partial charge in [-0.15, -0.1) is 0 Å². The predicted molar refractivity (Wildman–Crippen MR) is 72.5 cm³/mol. The molecule has 0 aromatic heterocycles. The maximum Gasteiger partial charge on any atom is 2.00 e. The summed E-state index contributed by atoms with van der Waals surface area (Å²) in [6, 6.07) is 0. The third-order valence-corrected chi connectivity index (χ3v) is 0. The fourth-order valence-corrected chi connectivity index (χ4v) is 0. The van der Waals surface area contributed by atoms with E-state index in [1.165, 1.54) is 13.8 Å². The molecule has 0 spiro atoms. The average molecular weight is 481 g/mol. The molecule has 0 saturated carbocycles. The maximum atomic E-state index is 9.22. The molecule has 0 aliphatic carbocycles. The van der Waals surface area contributed by atoms with Crippen molar-refractivity contribution in [2.75, 3.05) is 0 Å². The van der Waals surface area contributed by atoms with Crippen molar-refractivity contribution in [1.82, 2.24) is 0 Å². The zero-order chi connectivity index (χ0) is 21.5. The molecule has 14 heteroatoms. The first-order chi connectivity index (χ1) is 10.4. The second-order valence-corrected chi connectivity index (χ2v) is 3.19. The Hall–Kier alpha value is -2.14. The Morgan fingerprint density at radius 2 is 0.462 bits per heavy atom. The summed E-state index contributed by atoms with van der Waals surface area (Å²) >= 11 is 0. The van der Waals surface area contributed by atoms with Crippen molar-refractivity contribution < 1.29 is 83.3 Å². The number of carbonyl (C=O) groups is 6. The van der Waals surface area contributed by atoms with E-state index in [1.807, 2.05) is 0 Å². The van der Waals surface area contributed by atoms with Crippen LogP contribution >= 0.6 is 0 Å². The van der Waals surface area contributed by atoms with Crippen molar-refractivity contribution >= 4 is 35.7 Å². The van der Waals surface area contributed by atoms with Crippen molar-refractivity contribution in [1.29, 1.82) is 0 Å². The van der Waals surface area contributed by atoms with E-state index in [0.29, 0.717) is 0 Å². The molecule has 0 aromatic rings. The minimum atomic E-state index is -1.08. The molecule has 162 valence electrons. The van der Waals surface area contributed by atoms with E-state index in [4.69, 9.17) is 39.6 Å². The monoisotopic (exact) mass is 480 g/mol. The van der Waals surface area contributed by atoms with Crippen LogP contribution in [0.25, 0.3) is 0 Å². The average Bonchev–Trinajstić information content (AvgIpc) is 2.08. The van der Waals surface area contributed by atoms with Gasteiger partial charge in [0.1, 0.15) is 0 Å². The number of hydrogen-bond acceptors (Lipinski definition) is 10. The second-order valence-electron chi connectivity index (χ2n) is 3.19. The van der Waals surface area contributed by atoms with E-state index in [9.17, 15) is 9.59 Å². The van der Waals surface area contributed by atoms with Gasteiger partial charge in [-0.1, -0.05) is 0 Å². The van der Waals surface area contributed by atoms with Crippen molar-refractivity contribution in [2.24, 2.45) is 11.5 Å². The quantitative estimate of drug-likeness (QED) is 0.310. The number of nitrogens with two attached hydrogens (primary N) is 2. The normalized spacial score (nSPS) is 5.77. The van der Waals surface area contributed by atoms with E-state index in [0.717, 1.165) is 27.7 Å². The molecule has 0 bridgehead atoms. The van der Waals surface area contributed by atoms with E-state index >= 15 is 0 Å². The van der Waals surface area contributed by atoms with Gasteiger partial charge in [0.05, 0.1) is 0 Å². The van der Waals surface area contributed by atoms with Crippen LogP contribution in [0.5, 0.6) is 0 Å². The van der Waals surface area contributed by atoms with Gasteiger partial charge in [-0.2, -0.15) is 0 Å². The van der Waals surface area contributed by atoms with Gasteiger partial charge in [-0.05, 0) is 27.7 Å². The third kappa shape index (κ3) is 2070. The summed E-state index contributed by atoms with van der Waals surface area (Å²) in [7, 11) is 0. The minimum Gasteiger partial charge on any atom is -0.550 e. The van der Waals surface area contributed by atoms with Gasteiger partial charge in [-0.3, -0.25) is 9.59 Å². The number of hydrogen-bond donors (Lipinski definition) is 2. The molecule has 2 amide bonds. The molecule has 0 atom stereocenters. The summed E-state index contributed by atoms with van der Waals surface area (Å²) in [5.74, 6) is -5.00. The summed E-state index contributed by atoms with van der Waals surface area (Å²) in [6.45, 7) is 6.50. The number of rotatable bonds is 0. The van der Waals surface area contributed by atoms with Crippen LogP contribution < -0.4 is 31.9 Å². The van der Waals surface area contributed by atoms with Gasteiger partial charge < -0.3 is 51.1 Å². The molecule has 0 rings (SSSR count). The fourth-order valence-electron chi connectivity index (χ4n) is 0. The molecule has 26 heavy (non-hydrogen) atoms. The van der Waals surface area contributed by atoms with Crippen molar-refractivity contribution in [3.05, 3.63) is 0 Å².